The maximum absolute atomic E-state index is 13.1. The number of rotatable bonds is 13. The van der Waals surface area contributed by atoms with Gasteiger partial charge in [-0.3, -0.25) is 14.4 Å². The van der Waals surface area contributed by atoms with Gasteiger partial charge < -0.3 is 30.2 Å². The number of fused-ring (bicyclic) bond motifs is 3. The summed E-state index contributed by atoms with van der Waals surface area (Å²) in [6, 6.07) is 13.1. The van der Waals surface area contributed by atoms with E-state index < -0.39 is 47.6 Å². The number of hydrogen-bond acceptors (Lipinski definition) is 7. The summed E-state index contributed by atoms with van der Waals surface area (Å²) in [5, 5.41) is 7.80. The number of esters is 1. The summed E-state index contributed by atoms with van der Waals surface area (Å²) in [5.41, 5.74) is 3.71. The molecule has 232 valence electrons. The molecule has 1 aliphatic rings. The Morgan fingerprint density at radius 2 is 1.44 bits per heavy atom. The molecule has 0 fully saturated rings. The van der Waals surface area contributed by atoms with Crippen LogP contribution < -0.4 is 16.0 Å². The predicted molar refractivity (Wildman–Crippen MR) is 162 cm³/mol. The number of benzene rings is 2. The summed E-state index contributed by atoms with van der Waals surface area (Å²) in [6.07, 6.45) is 0.128. The smallest absolute Gasteiger partial charge is 0.407 e. The lowest BCUT2D eigenvalue weighted by Gasteiger charge is -2.24. The summed E-state index contributed by atoms with van der Waals surface area (Å²) in [5.74, 6) is -1.70. The van der Waals surface area contributed by atoms with Crippen LogP contribution in [-0.2, 0) is 28.7 Å². The van der Waals surface area contributed by atoms with E-state index in [0.717, 1.165) is 22.3 Å². The monoisotopic (exact) mass is 593 g/mol. The molecule has 1 unspecified atom stereocenters. The Morgan fingerprint density at radius 1 is 0.860 bits per heavy atom. The van der Waals surface area contributed by atoms with E-state index in [4.69, 9.17) is 9.47 Å². The van der Waals surface area contributed by atoms with Crippen molar-refractivity contribution >= 4 is 30.2 Å². The summed E-state index contributed by atoms with van der Waals surface area (Å²) < 4.78 is 10.8. The number of nitrogens with one attached hydrogen (secondary N) is 3. The van der Waals surface area contributed by atoms with Crippen LogP contribution in [0, 0.1) is 5.92 Å². The molecule has 0 heterocycles. The molecule has 2 aromatic rings. The second-order valence-corrected chi connectivity index (χ2v) is 12.3. The first-order valence-corrected chi connectivity index (χ1v) is 14.7. The second kappa shape index (κ2) is 14.8. The minimum atomic E-state index is -1.00. The fourth-order valence-electron chi connectivity index (χ4n) is 5.01. The maximum atomic E-state index is 13.1. The molecule has 43 heavy (non-hydrogen) atoms. The molecule has 0 aliphatic heterocycles. The van der Waals surface area contributed by atoms with Crippen molar-refractivity contribution in [3.63, 3.8) is 0 Å². The fourth-order valence-corrected chi connectivity index (χ4v) is 5.01. The number of amides is 3. The first-order chi connectivity index (χ1) is 20.3. The molecule has 3 rings (SSSR count). The van der Waals surface area contributed by atoms with E-state index in [-0.39, 0.29) is 31.3 Å². The quantitative estimate of drug-likeness (QED) is 0.233. The maximum Gasteiger partial charge on any atom is 0.407 e. The highest BCUT2D eigenvalue weighted by molar-refractivity contribution is 5.92. The highest BCUT2D eigenvalue weighted by atomic mass is 16.6. The Labute approximate surface area is 253 Å². The van der Waals surface area contributed by atoms with E-state index >= 15 is 0 Å². The third kappa shape index (κ3) is 9.66. The molecule has 0 saturated heterocycles. The summed E-state index contributed by atoms with van der Waals surface area (Å²) in [4.78, 5) is 62.2. The Morgan fingerprint density at radius 3 is 1.98 bits per heavy atom. The zero-order valence-corrected chi connectivity index (χ0v) is 25.8. The van der Waals surface area contributed by atoms with Crippen LogP contribution in [-0.4, -0.2) is 60.5 Å². The SMILES string of the molecule is CC(C)C[C@@H](NC(=O)OCC1c2ccccc2-c2ccccc21)C(=O)N[C@@H](C)C(=O)NC(C=O)CCC(=O)OC(C)(C)C. The lowest BCUT2D eigenvalue weighted by Crippen LogP contribution is -2.54. The fraction of sp³-hybridized carbons (Fsp3) is 0.485. The lowest BCUT2D eigenvalue weighted by atomic mass is 9.98. The molecule has 3 N–H and O–H groups in total. The van der Waals surface area contributed by atoms with Crippen LogP contribution in [0.25, 0.3) is 11.1 Å². The van der Waals surface area contributed by atoms with Crippen molar-refractivity contribution in [2.75, 3.05) is 6.61 Å². The molecule has 0 saturated carbocycles. The van der Waals surface area contributed by atoms with Gasteiger partial charge in [0, 0.05) is 12.3 Å². The third-order valence-electron chi connectivity index (χ3n) is 6.98. The van der Waals surface area contributed by atoms with Crippen molar-refractivity contribution in [2.24, 2.45) is 5.92 Å². The van der Waals surface area contributed by atoms with E-state index in [1.54, 1.807) is 20.8 Å². The Kier molecular flexibility index (Phi) is 11.5. The van der Waals surface area contributed by atoms with E-state index in [1.807, 2.05) is 62.4 Å². The first kappa shape index (κ1) is 33.3. The van der Waals surface area contributed by atoms with Crippen molar-refractivity contribution in [3.05, 3.63) is 59.7 Å². The summed E-state index contributed by atoms with van der Waals surface area (Å²) >= 11 is 0. The standard InChI is InChI=1S/C33H43N3O7/c1-20(2)17-28(31(40)34-21(3)30(39)35-22(18-37)15-16-29(38)43-33(4,5)6)36-32(41)42-19-27-25-13-9-7-11-23(25)24-12-8-10-14-26(24)27/h7-14,18,20-22,27-28H,15-17,19H2,1-6H3,(H,34,40)(H,35,39)(H,36,41)/t21-,22?,28+/m0/s1. The van der Waals surface area contributed by atoms with Gasteiger partial charge in [0.05, 0.1) is 6.04 Å². The van der Waals surface area contributed by atoms with Crippen LogP contribution >= 0.6 is 0 Å². The number of carbonyl (C=O) groups is 5. The molecular weight excluding hydrogens is 550 g/mol. The zero-order valence-electron chi connectivity index (χ0n) is 25.8. The molecule has 10 nitrogen and oxygen atoms in total. The number of carbonyl (C=O) groups excluding carboxylic acids is 5. The molecular formula is C33H43N3O7. The van der Waals surface area contributed by atoms with Gasteiger partial charge in [-0.15, -0.1) is 0 Å². The van der Waals surface area contributed by atoms with E-state index in [1.165, 1.54) is 6.92 Å². The molecule has 3 atom stereocenters. The number of ether oxygens (including phenoxy) is 2. The van der Waals surface area contributed by atoms with Crippen LogP contribution in [0.2, 0.25) is 0 Å². The number of alkyl carbamates (subject to hydrolysis) is 1. The van der Waals surface area contributed by atoms with Gasteiger partial charge in [0.2, 0.25) is 11.8 Å². The van der Waals surface area contributed by atoms with Crippen LogP contribution in [0.5, 0.6) is 0 Å². The van der Waals surface area contributed by atoms with Crippen LogP contribution in [0.1, 0.15) is 77.8 Å². The lowest BCUT2D eigenvalue weighted by molar-refractivity contribution is -0.155. The first-order valence-electron chi connectivity index (χ1n) is 14.7. The van der Waals surface area contributed by atoms with Gasteiger partial charge in [-0.05, 0) is 68.7 Å². The molecule has 1 aliphatic carbocycles. The molecule has 0 aromatic heterocycles. The Hall–Kier alpha value is -4.21. The average Bonchev–Trinajstić information content (AvgIpc) is 3.26. The van der Waals surface area contributed by atoms with Crippen LogP contribution in [0.4, 0.5) is 4.79 Å². The van der Waals surface area contributed by atoms with Gasteiger partial charge in [-0.2, -0.15) is 0 Å². The topological polar surface area (TPSA) is 140 Å². The van der Waals surface area contributed by atoms with Gasteiger partial charge in [-0.1, -0.05) is 62.4 Å². The highest BCUT2D eigenvalue weighted by Gasteiger charge is 2.31. The van der Waals surface area contributed by atoms with Crippen molar-refractivity contribution in [1.82, 2.24) is 16.0 Å². The second-order valence-electron chi connectivity index (χ2n) is 12.3. The largest absolute Gasteiger partial charge is 0.460 e. The minimum Gasteiger partial charge on any atom is -0.460 e. The predicted octanol–water partition coefficient (Wildman–Crippen LogP) is 4.25. The van der Waals surface area contributed by atoms with Gasteiger partial charge in [0.1, 0.15) is 30.6 Å². The van der Waals surface area contributed by atoms with Crippen LogP contribution in [0.3, 0.4) is 0 Å². The molecule has 2 aromatic carbocycles. The summed E-state index contributed by atoms with van der Waals surface area (Å²) in [7, 11) is 0. The van der Waals surface area contributed by atoms with Gasteiger partial charge >= 0.3 is 12.1 Å². The van der Waals surface area contributed by atoms with Crippen LogP contribution in [0.15, 0.2) is 48.5 Å². The molecule has 0 spiro atoms. The molecule has 0 radical (unpaired) electrons. The van der Waals surface area contributed by atoms with E-state index in [9.17, 15) is 24.0 Å². The molecule has 10 heteroatoms. The van der Waals surface area contributed by atoms with Gasteiger partial charge in [0.25, 0.3) is 0 Å². The van der Waals surface area contributed by atoms with Crippen molar-refractivity contribution in [2.45, 2.75) is 90.4 Å². The number of hydrogen-bond donors (Lipinski definition) is 3. The average molecular weight is 594 g/mol. The minimum absolute atomic E-state index is 0.0534. The van der Waals surface area contributed by atoms with Crippen molar-refractivity contribution < 1.29 is 33.4 Å². The van der Waals surface area contributed by atoms with E-state index in [2.05, 4.69) is 16.0 Å². The summed E-state index contributed by atoms with van der Waals surface area (Å²) in [6.45, 7) is 10.6. The Bertz CT molecular complexity index is 1270. The number of aldehydes is 1. The van der Waals surface area contributed by atoms with Gasteiger partial charge in [-0.25, -0.2) is 4.79 Å². The van der Waals surface area contributed by atoms with Gasteiger partial charge in [0.15, 0.2) is 0 Å². The third-order valence-corrected chi connectivity index (χ3v) is 6.98. The Balaban J connectivity index is 1.55. The van der Waals surface area contributed by atoms with Crippen molar-refractivity contribution in [1.29, 1.82) is 0 Å². The zero-order chi connectivity index (χ0) is 31.7. The van der Waals surface area contributed by atoms with E-state index in [0.29, 0.717) is 12.7 Å². The van der Waals surface area contributed by atoms with Crippen molar-refractivity contribution in [3.8, 4) is 11.1 Å². The highest BCUT2D eigenvalue weighted by Crippen LogP contribution is 2.44. The molecule has 0 bridgehead atoms. The normalized spacial score (nSPS) is 14.5. The molecule has 3 amide bonds.